The Morgan fingerprint density at radius 2 is 2.32 bits per heavy atom. The second-order valence-electron chi connectivity index (χ2n) is 4.51. The number of piperazine rings is 1. The molecule has 2 rings (SSSR count). The largest absolute Gasteiger partial charge is 0.491 e. The molecule has 0 aromatic heterocycles. The minimum absolute atomic E-state index is 0. The van der Waals surface area contributed by atoms with Gasteiger partial charge in [-0.15, -0.1) is 12.4 Å². The number of rotatable bonds is 4. The number of halogens is 3. The van der Waals surface area contributed by atoms with Gasteiger partial charge in [-0.1, -0.05) is 11.6 Å². The highest BCUT2D eigenvalue weighted by Crippen LogP contribution is 2.27. The van der Waals surface area contributed by atoms with E-state index in [-0.39, 0.29) is 12.4 Å². The van der Waals surface area contributed by atoms with Gasteiger partial charge in [0.2, 0.25) is 0 Å². The van der Waals surface area contributed by atoms with Crippen molar-refractivity contribution >= 4 is 39.9 Å². The van der Waals surface area contributed by atoms with Crippen molar-refractivity contribution in [2.24, 2.45) is 0 Å². The van der Waals surface area contributed by atoms with Crippen LogP contribution in [0.4, 0.5) is 0 Å². The van der Waals surface area contributed by atoms with Crippen molar-refractivity contribution in [1.82, 2.24) is 10.2 Å². The van der Waals surface area contributed by atoms with E-state index in [1.807, 2.05) is 18.2 Å². The lowest BCUT2D eigenvalue weighted by molar-refractivity contribution is 0.143. The quantitative estimate of drug-likeness (QED) is 0.881. The highest BCUT2D eigenvalue weighted by molar-refractivity contribution is 9.10. The third-order valence-corrected chi connectivity index (χ3v) is 4.02. The fourth-order valence-electron chi connectivity index (χ4n) is 2.08. The molecule has 0 bridgehead atoms. The second kappa shape index (κ2) is 8.32. The number of hydrogen-bond donors (Lipinski definition) is 1. The van der Waals surface area contributed by atoms with Gasteiger partial charge in [-0.05, 0) is 41.1 Å². The third-order valence-electron chi connectivity index (χ3n) is 3.17. The standard InChI is InChI=1S/C13H18BrClN2O.ClH/c1-10-9-16-4-5-17(10)6-7-18-13-3-2-11(15)8-12(13)14;/h2-3,8,10,16H,4-7,9H2,1H3;1H/t10-;/m0./s1. The summed E-state index contributed by atoms with van der Waals surface area (Å²) in [6, 6.07) is 6.17. The first-order chi connectivity index (χ1) is 8.66. The van der Waals surface area contributed by atoms with E-state index in [0.717, 1.165) is 36.4 Å². The number of nitrogens with one attached hydrogen (secondary N) is 1. The number of nitrogens with zero attached hydrogens (tertiary/aromatic N) is 1. The summed E-state index contributed by atoms with van der Waals surface area (Å²) in [5.74, 6) is 0.849. The van der Waals surface area contributed by atoms with Gasteiger partial charge in [-0.3, -0.25) is 4.90 Å². The molecular formula is C13H19BrCl2N2O. The Kier molecular flexibility index (Phi) is 7.47. The lowest BCUT2D eigenvalue weighted by atomic mass is 10.2. The first kappa shape index (κ1) is 17.1. The summed E-state index contributed by atoms with van der Waals surface area (Å²) in [5, 5.41) is 4.10. The van der Waals surface area contributed by atoms with Gasteiger partial charge in [-0.25, -0.2) is 0 Å². The van der Waals surface area contributed by atoms with Crippen LogP contribution in [0, 0.1) is 0 Å². The Morgan fingerprint density at radius 3 is 3.00 bits per heavy atom. The summed E-state index contributed by atoms with van der Waals surface area (Å²) < 4.78 is 6.68. The summed E-state index contributed by atoms with van der Waals surface area (Å²) in [5.41, 5.74) is 0. The maximum atomic E-state index is 5.89. The molecule has 6 heteroatoms. The fourth-order valence-corrected chi connectivity index (χ4v) is 2.88. The second-order valence-corrected chi connectivity index (χ2v) is 5.80. The molecule has 0 unspecified atom stereocenters. The average molecular weight is 370 g/mol. The van der Waals surface area contributed by atoms with Gasteiger partial charge in [0.25, 0.3) is 0 Å². The van der Waals surface area contributed by atoms with E-state index in [4.69, 9.17) is 16.3 Å². The van der Waals surface area contributed by atoms with Crippen LogP contribution in [-0.2, 0) is 0 Å². The van der Waals surface area contributed by atoms with E-state index in [1.54, 1.807) is 0 Å². The van der Waals surface area contributed by atoms with Crippen LogP contribution in [0.5, 0.6) is 5.75 Å². The van der Waals surface area contributed by atoms with E-state index in [2.05, 4.69) is 33.1 Å². The van der Waals surface area contributed by atoms with E-state index >= 15 is 0 Å². The van der Waals surface area contributed by atoms with E-state index in [9.17, 15) is 0 Å². The molecule has 0 radical (unpaired) electrons. The molecule has 0 amide bonds. The van der Waals surface area contributed by atoms with Gasteiger partial charge in [0.1, 0.15) is 12.4 Å². The summed E-state index contributed by atoms with van der Waals surface area (Å²) in [7, 11) is 0. The zero-order chi connectivity index (χ0) is 13.0. The minimum Gasteiger partial charge on any atom is -0.491 e. The highest BCUT2D eigenvalue weighted by Gasteiger charge is 2.17. The van der Waals surface area contributed by atoms with Crippen molar-refractivity contribution in [3.8, 4) is 5.75 Å². The predicted octanol–water partition coefficient (Wildman–Crippen LogP) is 3.20. The molecule has 1 saturated heterocycles. The summed E-state index contributed by atoms with van der Waals surface area (Å²) >= 11 is 9.34. The van der Waals surface area contributed by atoms with Crippen LogP contribution in [0.2, 0.25) is 5.02 Å². The molecule has 1 fully saturated rings. The van der Waals surface area contributed by atoms with Crippen molar-refractivity contribution < 1.29 is 4.74 Å². The number of hydrogen-bond acceptors (Lipinski definition) is 3. The summed E-state index contributed by atoms with van der Waals surface area (Å²) in [4.78, 5) is 2.44. The van der Waals surface area contributed by atoms with Crippen molar-refractivity contribution in [2.75, 3.05) is 32.8 Å². The zero-order valence-electron chi connectivity index (χ0n) is 10.9. The molecular weight excluding hydrogens is 351 g/mol. The van der Waals surface area contributed by atoms with Gasteiger partial charge in [-0.2, -0.15) is 0 Å². The smallest absolute Gasteiger partial charge is 0.133 e. The molecule has 1 aliphatic heterocycles. The molecule has 0 saturated carbocycles. The molecule has 19 heavy (non-hydrogen) atoms. The van der Waals surface area contributed by atoms with Crippen LogP contribution in [0.1, 0.15) is 6.92 Å². The molecule has 1 aliphatic rings. The van der Waals surface area contributed by atoms with E-state index < -0.39 is 0 Å². The Labute approximate surface area is 134 Å². The average Bonchev–Trinajstić information content (AvgIpc) is 2.34. The normalized spacial score (nSPS) is 19.8. The van der Waals surface area contributed by atoms with Gasteiger partial charge in [0.05, 0.1) is 4.47 Å². The minimum atomic E-state index is 0. The Morgan fingerprint density at radius 1 is 1.53 bits per heavy atom. The summed E-state index contributed by atoms with van der Waals surface area (Å²) in [6.07, 6.45) is 0. The van der Waals surface area contributed by atoms with Crippen molar-refractivity contribution in [1.29, 1.82) is 0 Å². The highest BCUT2D eigenvalue weighted by atomic mass is 79.9. The molecule has 1 heterocycles. The predicted molar refractivity (Wildman–Crippen MR) is 85.8 cm³/mol. The van der Waals surface area contributed by atoms with Gasteiger partial charge >= 0.3 is 0 Å². The third kappa shape index (κ3) is 5.12. The van der Waals surface area contributed by atoms with Gasteiger partial charge < -0.3 is 10.1 Å². The molecule has 108 valence electrons. The van der Waals surface area contributed by atoms with E-state index in [1.165, 1.54) is 0 Å². The van der Waals surface area contributed by atoms with Gasteiger partial charge in [0.15, 0.2) is 0 Å². The van der Waals surface area contributed by atoms with Crippen LogP contribution in [-0.4, -0.2) is 43.7 Å². The first-order valence-corrected chi connectivity index (χ1v) is 7.36. The molecule has 1 N–H and O–H groups in total. The van der Waals surface area contributed by atoms with E-state index in [0.29, 0.717) is 17.7 Å². The molecule has 1 atom stereocenters. The lowest BCUT2D eigenvalue weighted by Crippen LogP contribution is -2.50. The van der Waals surface area contributed by atoms with Crippen LogP contribution in [0.15, 0.2) is 22.7 Å². The van der Waals surface area contributed by atoms with Gasteiger partial charge in [0, 0.05) is 37.2 Å². The van der Waals surface area contributed by atoms with Crippen molar-refractivity contribution in [2.45, 2.75) is 13.0 Å². The SMILES string of the molecule is C[C@H]1CNCCN1CCOc1ccc(Cl)cc1Br.Cl. The topological polar surface area (TPSA) is 24.5 Å². The van der Waals surface area contributed by atoms with Crippen LogP contribution in [0.25, 0.3) is 0 Å². The Hall–Kier alpha value is -0.0000000000000000555. The van der Waals surface area contributed by atoms with Crippen LogP contribution in [0.3, 0.4) is 0 Å². The summed E-state index contributed by atoms with van der Waals surface area (Å²) in [6.45, 7) is 7.11. The fraction of sp³-hybridized carbons (Fsp3) is 0.538. The Bertz CT molecular complexity index is 406. The van der Waals surface area contributed by atoms with Crippen molar-refractivity contribution in [3.63, 3.8) is 0 Å². The molecule has 1 aromatic carbocycles. The molecule has 0 aliphatic carbocycles. The first-order valence-electron chi connectivity index (χ1n) is 6.19. The van der Waals surface area contributed by atoms with Crippen LogP contribution < -0.4 is 10.1 Å². The maximum absolute atomic E-state index is 5.89. The molecule has 0 spiro atoms. The Balaban J connectivity index is 0.00000180. The lowest BCUT2D eigenvalue weighted by Gasteiger charge is -2.33. The van der Waals surface area contributed by atoms with Crippen LogP contribution >= 0.6 is 39.9 Å². The monoisotopic (exact) mass is 368 g/mol. The van der Waals surface area contributed by atoms with Crippen molar-refractivity contribution in [3.05, 3.63) is 27.7 Å². The molecule has 3 nitrogen and oxygen atoms in total. The number of ether oxygens (including phenoxy) is 1. The molecule has 1 aromatic rings. The maximum Gasteiger partial charge on any atom is 0.133 e. The zero-order valence-corrected chi connectivity index (χ0v) is 14.0. The number of benzene rings is 1.